The first-order valence-corrected chi connectivity index (χ1v) is 9.34. The van der Waals surface area contributed by atoms with Crippen LogP contribution in [-0.4, -0.2) is 35.2 Å². The quantitative estimate of drug-likeness (QED) is 0.693. The second-order valence-corrected chi connectivity index (χ2v) is 6.95. The summed E-state index contributed by atoms with van der Waals surface area (Å²) >= 11 is 0. The van der Waals surface area contributed by atoms with Gasteiger partial charge in [-0.25, -0.2) is 0 Å². The molecule has 1 fully saturated rings. The van der Waals surface area contributed by atoms with Crippen LogP contribution < -0.4 is 15.0 Å². The molecule has 2 amide bonds. The third-order valence-corrected chi connectivity index (χ3v) is 5.01. The van der Waals surface area contributed by atoms with Gasteiger partial charge in [-0.1, -0.05) is 6.07 Å². The number of anilines is 1. The number of methoxy groups -OCH3 is 1. The lowest BCUT2D eigenvalue weighted by Crippen LogP contribution is -2.32. The molecule has 1 saturated heterocycles. The van der Waals surface area contributed by atoms with E-state index in [1.165, 1.54) is 0 Å². The summed E-state index contributed by atoms with van der Waals surface area (Å²) in [4.78, 5) is 26.7. The van der Waals surface area contributed by atoms with Crippen molar-refractivity contribution in [2.45, 2.75) is 13.0 Å². The van der Waals surface area contributed by atoms with Crippen LogP contribution in [0.4, 0.5) is 5.69 Å². The van der Waals surface area contributed by atoms with Crippen LogP contribution in [-0.2, 0) is 23.2 Å². The molecule has 1 atom stereocenters. The van der Waals surface area contributed by atoms with Gasteiger partial charge < -0.3 is 19.4 Å². The van der Waals surface area contributed by atoms with Crippen molar-refractivity contribution in [2.75, 3.05) is 18.6 Å². The van der Waals surface area contributed by atoms with Crippen LogP contribution >= 0.6 is 0 Å². The van der Waals surface area contributed by atoms with E-state index in [1.807, 2.05) is 43.4 Å². The molecule has 1 aromatic carbocycles. The van der Waals surface area contributed by atoms with E-state index >= 15 is 0 Å². The van der Waals surface area contributed by atoms with Gasteiger partial charge in [0.2, 0.25) is 11.8 Å². The Morgan fingerprint density at radius 1 is 1.31 bits per heavy atom. The minimum absolute atomic E-state index is 0.0728. The van der Waals surface area contributed by atoms with E-state index in [1.54, 1.807) is 29.0 Å². The van der Waals surface area contributed by atoms with Gasteiger partial charge in [-0.3, -0.25) is 14.3 Å². The van der Waals surface area contributed by atoms with Crippen LogP contribution in [0.15, 0.2) is 53.1 Å². The smallest absolute Gasteiger partial charge is 0.227 e. The van der Waals surface area contributed by atoms with Crippen molar-refractivity contribution in [1.82, 2.24) is 15.1 Å². The predicted octanol–water partition coefficient (Wildman–Crippen LogP) is 2.36. The first-order chi connectivity index (χ1) is 14.0. The predicted molar refractivity (Wildman–Crippen MR) is 106 cm³/mol. The number of nitrogens with one attached hydrogen (secondary N) is 1. The summed E-state index contributed by atoms with van der Waals surface area (Å²) in [6, 6.07) is 12.8. The van der Waals surface area contributed by atoms with Crippen molar-refractivity contribution >= 4 is 17.5 Å². The third kappa shape index (κ3) is 3.87. The largest absolute Gasteiger partial charge is 0.497 e. The SMILES string of the molecule is COc1cccc(N2C[C@@H](C(=O)NCc3cc(-c4ccco4)n(C)n3)CC2=O)c1. The van der Waals surface area contributed by atoms with E-state index in [-0.39, 0.29) is 24.8 Å². The van der Waals surface area contributed by atoms with Crippen molar-refractivity contribution in [2.24, 2.45) is 13.0 Å². The fourth-order valence-corrected chi connectivity index (χ4v) is 3.50. The van der Waals surface area contributed by atoms with Gasteiger partial charge in [-0.15, -0.1) is 0 Å². The molecule has 150 valence electrons. The Kier molecular flexibility index (Phi) is 5.07. The number of ether oxygens (including phenoxy) is 1. The summed E-state index contributed by atoms with van der Waals surface area (Å²) in [5.74, 6) is 0.755. The highest BCUT2D eigenvalue weighted by Gasteiger charge is 2.35. The number of benzene rings is 1. The van der Waals surface area contributed by atoms with E-state index in [9.17, 15) is 9.59 Å². The summed E-state index contributed by atoms with van der Waals surface area (Å²) in [5, 5.41) is 7.31. The molecule has 3 aromatic rings. The topological polar surface area (TPSA) is 89.6 Å². The van der Waals surface area contributed by atoms with Crippen molar-refractivity contribution in [3.63, 3.8) is 0 Å². The molecule has 0 spiro atoms. The minimum Gasteiger partial charge on any atom is -0.497 e. The number of aromatic nitrogens is 2. The molecule has 1 N–H and O–H groups in total. The zero-order valence-corrected chi connectivity index (χ0v) is 16.3. The maximum Gasteiger partial charge on any atom is 0.227 e. The number of hydrogen-bond donors (Lipinski definition) is 1. The Hall–Kier alpha value is -3.55. The summed E-state index contributed by atoms with van der Waals surface area (Å²) in [6.07, 6.45) is 1.79. The fraction of sp³-hybridized carbons (Fsp3) is 0.286. The number of carbonyl (C=O) groups excluding carboxylic acids is 2. The van der Waals surface area contributed by atoms with Crippen LogP contribution in [0, 0.1) is 5.92 Å². The molecule has 3 heterocycles. The van der Waals surface area contributed by atoms with Gasteiger partial charge in [-0.2, -0.15) is 5.10 Å². The van der Waals surface area contributed by atoms with Crippen molar-refractivity contribution in [3.05, 3.63) is 54.4 Å². The molecule has 2 aromatic heterocycles. The number of furan rings is 1. The summed E-state index contributed by atoms with van der Waals surface area (Å²) in [6.45, 7) is 0.634. The lowest BCUT2D eigenvalue weighted by Gasteiger charge is -2.17. The summed E-state index contributed by atoms with van der Waals surface area (Å²) in [5.41, 5.74) is 2.29. The van der Waals surface area contributed by atoms with Crippen LogP contribution in [0.1, 0.15) is 12.1 Å². The average Bonchev–Trinajstić information content (AvgIpc) is 3.46. The van der Waals surface area contributed by atoms with Crippen molar-refractivity contribution in [3.8, 4) is 17.2 Å². The molecule has 29 heavy (non-hydrogen) atoms. The first-order valence-electron chi connectivity index (χ1n) is 9.34. The monoisotopic (exact) mass is 394 g/mol. The van der Waals surface area contributed by atoms with Gasteiger partial charge in [0, 0.05) is 31.8 Å². The normalized spacial score (nSPS) is 16.3. The second-order valence-electron chi connectivity index (χ2n) is 6.95. The molecule has 0 aliphatic carbocycles. The lowest BCUT2D eigenvalue weighted by atomic mass is 10.1. The van der Waals surface area contributed by atoms with Gasteiger partial charge in [0.25, 0.3) is 0 Å². The third-order valence-electron chi connectivity index (χ3n) is 5.01. The number of amides is 2. The Balaban J connectivity index is 1.38. The van der Waals surface area contributed by atoms with E-state index in [0.717, 1.165) is 17.1 Å². The number of aryl methyl sites for hydroxylation is 1. The zero-order chi connectivity index (χ0) is 20.4. The molecule has 8 heteroatoms. The highest BCUT2D eigenvalue weighted by Crippen LogP contribution is 2.28. The highest BCUT2D eigenvalue weighted by atomic mass is 16.5. The number of rotatable bonds is 6. The molecule has 4 rings (SSSR count). The molecule has 1 aliphatic rings. The highest BCUT2D eigenvalue weighted by molar-refractivity contribution is 6.00. The number of carbonyl (C=O) groups is 2. The molecule has 0 unspecified atom stereocenters. The van der Waals surface area contributed by atoms with Crippen molar-refractivity contribution in [1.29, 1.82) is 0 Å². The van der Waals surface area contributed by atoms with Gasteiger partial charge in [0.1, 0.15) is 11.4 Å². The molecular formula is C21H22N4O4. The summed E-state index contributed by atoms with van der Waals surface area (Å²) < 4.78 is 12.3. The van der Waals surface area contributed by atoms with Gasteiger partial charge in [-0.05, 0) is 30.3 Å². The van der Waals surface area contributed by atoms with Gasteiger partial charge in [0.15, 0.2) is 5.76 Å². The molecular weight excluding hydrogens is 372 g/mol. The second kappa shape index (κ2) is 7.83. The van der Waals surface area contributed by atoms with Crippen LogP contribution in [0.3, 0.4) is 0 Å². The van der Waals surface area contributed by atoms with E-state index in [0.29, 0.717) is 18.1 Å². The van der Waals surface area contributed by atoms with E-state index in [2.05, 4.69) is 10.4 Å². The van der Waals surface area contributed by atoms with Crippen LogP contribution in [0.5, 0.6) is 5.75 Å². The standard InChI is InChI=1S/C21H22N4O4/c1-24-18(19-7-4-8-29-19)10-15(23-24)12-22-21(27)14-9-20(26)25(13-14)16-5-3-6-17(11-16)28-2/h3-8,10-11,14H,9,12-13H2,1-2H3,(H,22,27)/t14-/m0/s1. The Bertz CT molecular complexity index is 1030. The molecule has 8 nitrogen and oxygen atoms in total. The van der Waals surface area contributed by atoms with Crippen LogP contribution in [0.25, 0.3) is 11.5 Å². The Morgan fingerprint density at radius 3 is 2.93 bits per heavy atom. The maximum absolute atomic E-state index is 12.6. The zero-order valence-electron chi connectivity index (χ0n) is 16.3. The average molecular weight is 394 g/mol. The van der Waals surface area contributed by atoms with Gasteiger partial charge in [0.05, 0.1) is 31.5 Å². The molecule has 0 bridgehead atoms. The van der Waals surface area contributed by atoms with E-state index in [4.69, 9.17) is 9.15 Å². The lowest BCUT2D eigenvalue weighted by molar-refractivity contribution is -0.126. The maximum atomic E-state index is 12.6. The van der Waals surface area contributed by atoms with Crippen molar-refractivity contribution < 1.29 is 18.7 Å². The Morgan fingerprint density at radius 2 is 2.17 bits per heavy atom. The number of nitrogens with zero attached hydrogens (tertiary/aromatic N) is 3. The van der Waals surface area contributed by atoms with Crippen LogP contribution in [0.2, 0.25) is 0 Å². The van der Waals surface area contributed by atoms with Gasteiger partial charge >= 0.3 is 0 Å². The first kappa shape index (κ1) is 18.8. The fourth-order valence-electron chi connectivity index (χ4n) is 3.50. The minimum atomic E-state index is -0.401. The molecule has 0 saturated carbocycles. The van der Waals surface area contributed by atoms with E-state index < -0.39 is 5.92 Å². The molecule has 1 aliphatic heterocycles. The Labute approximate surface area is 168 Å². The molecule has 0 radical (unpaired) electrons. The summed E-state index contributed by atoms with van der Waals surface area (Å²) in [7, 11) is 3.40. The number of hydrogen-bond acceptors (Lipinski definition) is 5.